The van der Waals surface area contributed by atoms with Crippen LogP contribution >= 0.6 is 11.8 Å². The second-order valence-corrected chi connectivity index (χ2v) is 17.0. The molecule has 0 aromatic carbocycles. The Kier molecular flexibility index (Phi) is 11.0. The minimum atomic E-state index is -1.42. The van der Waals surface area contributed by atoms with Crippen LogP contribution in [0, 0.1) is 28.6 Å². The Bertz CT molecular complexity index is 1360. The first-order valence-corrected chi connectivity index (χ1v) is 19.5. The number of carbonyl (C=O) groups excluding carboxylic acids is 4. The summed E-state index contributed by atoms with van der Waals surface area (Å²) >= 11 is 1.89. The summed E-state index contributed by atoms with van der Waals surface area (Å²) in [5.74, 6) is 1.51. The molecular formula is C36H55N5O7S. The number of hydrogen-bond donors (Lipinski definition) is 6. The number of rotatable bonds is 14. The molecule has 0 unspecified atom stereocenters. The van der Waals surface area contributed by atoms with Gasteiger partial charge in [-0.15, -0.1) is 0 Å². The Morgan fingerprint density at radius 1 is 1.00 bits per heavy atom. The SMILES string of the molecule is C[C@]12CC/C(=N/OCC(=O)NCCCNC(=O)CCCC[C@@H]3SC[C@@H]4NC(=O)N[C@@H]43)C=C1CC[C@@H]1[C@@H]2CC[C@@]2(C)[C@H]1CC[C@]2(O)C(=O)CO. The van der Waals surface area contributed by atoms with Crippen LogP contribution < -0.4 is 21.3 Å². The van der Waals surface area contributed by atoms with Gasteiger partial charge in [-0.25, -0.2) is 4.79 Å². The van der Waals surface area contributed by atoms with Crippen LogP contribution in [0.5, 0.6) is 0 Å². The molecule has 272 valence electrons. The lowest BCUT2D eigenvalue weighted by Gasteiger charge is -2.59. The van der Waals surface area contributed by atoms with Gasteiger partial charge < -0.3 is 36.3 Å². The fourth-order valence-electron chi connectivity index (χ4n) is 10.4. The average Bonchev–Trinajstić information content (AvgIpc) is 3.72. The van der Waals surface area contributed by atoms with Crippen molar-refractivity contribution in [3.05, 3.63) is 11.6 Å². The van der Waals surface area contributed by atoms with Gasteiger partial charge in [0.2, 0.25) is 5.91 Å². The van der Waals surface area contributed by atoms with Crippen molar-refractivity contribution in [1.82, 2.24) is 21.3 Å². The van der Waals surface area contributed by atoms with E-state index in [1.54, 1.807) is 0 Å². The second-order valence-electron chi connectivity index (χ2n) is 15.7. The largest absolute Gasteiger partial charge is 0.388 e. The zero-order valence-corrected chi connectivity index (χ0v) is 29.9. The van der Waals surface area contributed by atoms with E-state index in [1.807, 2.05) is 11.8 Å². The predicted molar refractivity (Wildman–Crippen MR) is 187 cm³/mol. The lowest BCUT2D eigenvalue weighted by molar-refractivity contribution is -0.164. The molecule has 0 aromatic rings. The van der Waals surface area contributed by atoms with Crippen molar-refractivity contribution >= 4 is 41.1 Å². The molecule has 2 saturated heterocycles. The number of fused-ring (bicyclic) bond motifs is 6. The van der Waals surface area contributed by atoms with Gasteiger partial charge in [-0.3, -0.25) is 14.4 Å². The summed E-state index contributed by atoms with van der Waals surface area (Å²) in [5.41, 5.74) is 0.393. The minimum Gasteiger partial charge on any atom is -0.388 e. The monoisotopic (exact) mass is 701 g/mol. The molecule has 2 aliphatic heterocycles. The summed E-state index contributed by atoms with van der Waals surface area (Å²) in [6.45, 7) is 4.62. The van der Waals surface area contributed by atoms with Gasteiger partial charge in [0.05, 0.1) is 17.8 Å². The smallest absolute Gasteiger partial charge is 0.315 e. The topological polar surface area (TPSA) is 178 Å². The summed E-state index contributed by atoms with van der Waals surface area (Å²) in [4.78, 5) is 54.1. The van der Waals surface area contributed by atoms with Crippen molar-refractivity contribution in [3.63, 3.8) is 0 Å². The number of allylic oxidation sites excluding steroid dienone is 2. The van der Waals surface area contributed by atoms with Crippen molar-refractivity contribution in [2.45, 2.75) is 120 Å². The molecule has 13 heteroatoms. The number of aliphatic hydroxyl groups excluding tert-OH is 1. The number of urea groups is 1. The number of amides is 4. The number of aliphatic hydroxyl groups is 2. The van der Waals surface area contributed by atoms with E-state index < -0.39 is 23.4 Å². The molecule has 4 amide bonds. The highest BCUT2D eigenvalue weighted by molar-refractivity contribution is 8.00. The van der Waals surface area contributed by atoms with E-state index in [2.05, 4.69) is 46.3 Å². The Labute approximate surface area is 293 Å². The average molecular weight is 702 g/mol. The summed E-state index contributed by atoms with van der Waals surface area (Å²) < 4.78 is 0. The van der Waals surface area contributed by atoms with Crippen LogP contribution in [-0.4, -0.2) is 94.5 Å². The molecule has 6 rings (SSSR count). The maximum absolute atomic E-state index is 12.6. The number of oxime groups is 1. The number of ketones is 1. The van der Waals surface area contributed by atoms with Crippen molar-refractivity contribution in [3.8, 4) is 0 Å². The standard InChI is InChI=1S/C36H55N5O7S/c1-34-13-10-23(18-22(34)8-9-24-25(34)11-14-35(2)26(24)12-15-36(35,47)29(43)19-42)41-48-20-31(45)38-17-5-16-37-30(44)7-4-3-6-28-32-27(21-49-28)39-33(46)40-32/h18,24-28,32,42,47H,3-17,19-21H2,1-2H3,(H,37,44)(H,38,45)(H2,39,40,46)/b41-23-/t24-,25+,26+,27+,28+,32+,34+,35+,36+/m1/s1. The minimum absolute atomic E-state index is 0.0201. The highest BCUT2D eigenvalue weighted by atomic mass is 32.2. The van der Waals surface area contributed by atoms with E-state index in [9.17, 15) is 29.4 Å². The molecule has 2 heterocycles. The molecular weight excluding hydrogens is 646 g/mol. The van der Waals surface area contributed by atoms with E-state index in [0.29, 0.717) is 49.4 Å². The van der Waals surface area contributed by atoms with Gasteiger partial charge >= 0.3 is 6.03 Å². The van der Waals surface area contributed by atoms with Crippen LogP contribution in [0.4, 0.5) is 4.79 Å². The Hall–Kier alpha value is -2.64. The van der Waals surface area contributed by atoms with Crippen LogP contribution in [0.15, 0.2) is 16.8 Å². The number of hydrogen-bond acceptors (Lipinski definition) is 9. The molecule has 4 aliphatic carbocycles. The van der Waals surface area contributed by atoms with E-state index >= 15 is 0 Å². The van der Waals surface area contributed by atoms with Crippen LogP contribution in [0.3, 0.4) is 0 Å². The number of unbranched alkanes of at least 4 members (excludes halogenated alkanes) is 1. The van der Waals surface area contributed by atoms with Gasteiger partial charge in [-0.05, 0) is 99.9 Å². The van der Waals surface area contributed by atoms with Gasteiger partial charge in [-0.1, -0.05) is 31.0 Å². The fraction of sp³-hybridized carbons (Fsp3) is 0.806. The fourth-order valence-corrected chi connectivity index (χ4v) is 11.9. The summed E-state index contributed by atoms with van der Waals surface area (Å²) in [7, 11) is 0. The number of nitrogens with one attached hydrogen (secondary N) is 4. The van der Waals surface area contributed by atoms with Gasteiger partial charge in [0.15, 0.2) is 12.4 Å². The second kappa shape index (κ2) is 14.9. The molecule has 5 fully saturated rings. The van der Waals surface area contributed by atoms with Crippen molar-refractivity contribution in [1.29, 1.82) is 0 Å². The molecule has 0 radical (unpaired) electrons. The highest BCUT2D eigenvalue weighted by Crippen LogP contribution is 2.67. The van der Waals surface area contributed by atoms with Crippen molar-refractivity contribution < 1.29 is 34.2 Å². The molecule has 12 nitrogen and oxygen atoms in total. The lowest BCUT2D eigenvalue weighted by Crippen LogP contribution is -2.58. The van der Waals surface area contributed by atoms with Gasteiger partial charge in [0.1, 0.15) is 12.2 Å². The Morgan fingerprint density at radius 2 is 1.78 bits per heavy atom. The summed E-state index contributed by atoms with van der Waals surface area (Å²) in [5, 5.41) is 37.4. The van der Waals surface area contributed by atoms with Gasteiger partial charge in [-0.2, -0.15) is 11.8 Å². The Morgan fingerprint density at radius 3 is 2.57 bits per heavy atom. The number of carbonyl (C=O) groups is 4. The Balaban J connectivity index is 0.861. The van der Waals surface area contributed by atoms with Crippen LogP contribution in [0.25, 0.3) is 0 Å². The van der Waals surface area contributed by atoms with E-state index in [1.165, 1.54) is 5.57 Å². The van der Waals surface area contributed by atoms with Crippen molar-refractivity contribution in [2.75, 3.05) is 32.1 Å². The van der Waals surface area contributed by atoms with Gasteiger partial charge in [0, 0.05) is 35.9 Å². The number of thioether (sulfide) groups is 1. The van der Waals surface area contributed by atoms with Crippen LogP contribution in [0.2, 0.25) is 0 Å². The lowest BCUT2D eigenvalue weighted by atomic mass is 9.46. The molecule has 49 heavy (non-hydrogen) atoms. The molecule has 3 saturated carbocycles. The van der Waals surface area contributed by atoms with Crippen LogP contribution in [0.1, 0.15) is 97.3 Å². The zero-order valence-electron chi connectivity index (χ0n) is 29.1. The van der Waals surface area contributed by atoms with E-state index in [-0.39, 0.29) is 47.9 Å². The summed E-state index contributed by atoms with van der Waals surface area (Å²) in [6, 6.07) is 0.357. The van der Waals surface area contributed by atoms with Gasteiger partial charge in [0.25, 0.3) is 5.91 Å². The maximum Gasteiger partial charge on any atom is 0.315 e. The molecule has 6 aliphatic rings. The molecule has 9 atom stereocenters. The first-order chi connectivity index (χ1) is 23.5. The third-order valence-corrected chi connectivity index (χ3v) is 14.7. The van der Waals surface area contributed by atoms with Crippen molar-refractivity contribution in [2.24, 2.45) is 33.7 Å². The first-order valence-electron chi connectivity index (χ1n) is 18.5. The number of Topliss-reactive ketones (excluding diaryl/α,β-unsaturated/α-hetero) is 1. The molecule has 6 N–H and O–H groups in total. The first kappa shape index (κ1) is 36.2. The van der Waals surface area contributed by atoms with E-state index in [0.717, 1.165) is 75.7 Å². The molecule has 0 spiro atoms. The third-order valence-electron chi connectivity index (χ3n) is 13.2. The predicted octanol–water partition coefficient (Wildman–Crippen LogP) is 2.96. The molecule has 0 bridgehead atoms. The molecule has 0 aromatic heterocycles. The normalized spacial score (nSPS) is 38.3. The maximum atomic E-state index is 12.6. The zero-order chi connectivity index (χ0) is 34.8. The quantitative estimate of drug-likeness (QED) is 0.0910. The third kappa shape index (κ3) is 7.13. The number of nitrogens with zero attached hydrogens (tertiary/aromatic N) is 1. The highest BCUT2D eigenvalue weighted by Gasteiger charge is 2.66. The summed E-state index contributed by atoms with van der Waals surface area (Å²) in [6.07, 6.45) is 12.8. The van der Waals surface area contributed by atoms with Crippen LogP contribution in [-0.2, 0) is 19.2 Å². The van der Waals surface area contributed by atoms with E-state index in [4.69, 9.17) is 4.84 Å².